The average Bonchev–Trinajstić information content (AvgIpc) is 2.45. The zero-order valence-corrected chi connectivity index (χ0v) is 9.18. The number of hydrogen-bond donors (Lipinski definition) is 3. The van der Waals surface area contributed by atoms with E-state index in [2.05, 4.69) is 10.6 Å². The van der Waals surface area contributed by atoms with E-state index in [1.165, 1.54) is 0 Å². The van der Waals surface area contributed by atoms with Crippen LogP contribution in [0.3, 0.4) is 0 Å². The van der Waals surface area contributed by atoms with E-state index < -0.39 is 11.6 Å². The maximum atomic E-state index is 11.3. The van der Waals surface area contributed by atoms with Gasteiger partial charge in [-0.25, -0.2) is 4.79 Å². The molecule has 1 saturated heterocycles. The Morgan fingerprint density at radius 1 is 1.36 bits per heavy atom. The molecule has 14 heavy (non-hydrogen) atoms. The van der Waals surface area contributed by atoms with E-state index in [9.17, 15) is 9.59 Å². The highest BCUT2D eigenvalue weighted by Gasteiger charge is 2.47. The van der Waals surface area contributed by atoms with Crippen molar-refractivity contribution in [2.45, 2.75) is 33.2 Å². The van der Waals surface area contributed by atoms with Gasteiger partial charge in [0.25, 0.3) is 5.91 Å². The summed E-state index contributed by atoms with van der Waals surface area (Å²) >= 11 is 0. The molecule has 1 aliphatic rings. The Balaban J connectivity index is 0.000000791. The molecule has 0 aromatic rings. The molecule has 5 nitrogen and oxygen atoms in total. The van der Waals surface area contributed by atoms with Gasteiger partial charge in [0.2, 0.25) is 0 Å². The molecule has 0 aromatic carbocycles. The maximum absolute atomic E-state index is 11.3. The summed E-state index contributed by atoms with van der Waals surface area (Å²) in [5.74, 6) is -0.334. The van der Waals surface area contributed by atoms with Crippen molar-refractivity contribution in [3.8, 4) is 0 Å². The smallest absolute Gasteiger partial charge is 0.322 e. The first-order valence-corrected chi connectivity index (χ1v) is 4.86. The molecule has 1 heterocycles. The van der Waals surface area contributed by atoms with Crippen molar-refractivity contribution < 1.29 is 9.59 Å². The Labute approximate surface area is 84.4 Å². The molecule has 0 aliphatic carbocycles. The molecule has 1 rings (SSSR count). The number of imide groups is 1. The molecular formula is C9H19N3O2. The number of carbonyl (C=O) groups excluding carboxylic acids is 2. The third-order valence-electron chi connectivity index (χ3n) is 2.28. The molecule has 1 aliphatic heterocycles. The zero-order valence-electron chi connectivity index (χ0n) is 9.18. The third-order valence-corrected chi connectivity index (χ3v) is 2.28. The van der Waals surface area contributed by atoms with Gasteiger partial charge in [0.15, 0.2) is 0 Å². The van der Waals surface area contributed by atoms with E-state index in [0.717, 1.165) is 0 Å². The predicted molar refractivity (Wildman–Crippen MR) is 54.6 cm³/mol. The van der Waals surface area contributed by atoms with E-state index in [4.69, 9.17) is 5.73 Å². The molecule has 5 heteroatoms. The number of nitrogens with one attached hydrogen (secondary N) is 2. The first-order chi connectivity index (χ1) is 6.53. The van der Waals surface area contributed by atoms with Gasteiger partial charge in [-0.2, -0.15) is 0 Å². The Hall–Kier alpha value is -1.10. The Bertz CT molecular complexity index is 228. The third kappa shape index (κ3) is 2.04. The number of carbonyl (C=O) groups is 2. The summed E-state index contributed by atoms with van der Waals surface area (Å²) in [6.45, 7) is 7.82. The fourth-order valence-corrected chi connectivity index (χ4v) is 1.29. The molecule has 3 amide bonds. The summed E-state index contributed by atoms with van der Waals surface area (Å²) in [6.07, 6.45) is 0. The first-order valence-electron chi connectivity index (χ1n) is 4.86. The Morgan fingerprint density at radius 3 is 2.00 bits per heavy atom. The number of rotatable bonds is 2. The summed E-state index contributed by atoms with van der Waals surface area (Å²) < 4.78 is 0. The van der Waals surface area contributed by atoms with E-state index in [0.29, 0.717) is 0 Å². The molecular weight excluding hydrogens is 182 g/mol. The minimum Gasteiger partial charge on any atom is -0.328 e. The second-order valence-electron chi connectivity index (χ2n) is 3.24. The van der Waals surface area contributed by atoms with E-state index >= 15 is 0 Å². The molecule has 1 atom stereocenters. The van der Waals surface area contributed by atoms with Crippen molar-refractivity contribution >= 4 is 11.9 Å². The second-order valence-corrected chi connectivity index (χ2v) is 3.24. The van der Waals surface area contributed by atoms with E-state index in [1.807, 2.05) is 27.7 Å². The van der Waals surface area contributed by atoms with Crippen LogP contribution in [0.15, 0.2) is 0 Å². The van der Waals surface area contributed by atoms with Crippen molar-refractivity contribution in [2.75, 3.05) is 6.54 Å². The molecule has 0 saturated carbocycles. The van der Waals surface area contributed by atoms with Gasteiger partial charge >= 0.3 is 6.03 Å². The van der Waals surface area contributed by atoms with Crippen molar-refractivity contribution in [3.63, 3.8) is 0 Å². The number of nitrogens with two attached hydrogens (primary N) is 1. The zero-order chi connectivity index (χ0) is 11.4. The lowest BCUT2D eigenvalue weighted by Crippen LogP contribution is -2.56. The lowest BCUT2D eigenvalue weighted by Gasteiger charge is -2.28. The van der Waals surface area contributed by atoms with Gasteiger partial charge < -0.3 is 11.1 Å². The summed E-state index contributed by atoms with van der Waals surface area (Å²) in [4.78, 5) is 22.1. The fourth-order valence-electron chi connectivity index (χ4n) is 1.29. The topological polar surface area (TPSA) is 84.2 Å². The molecule has 82 valence electrons. The van der Waals surface area contributed by atoms with Crippen LogP contribution in [0.25, 0.3) is 0 Å². The van der Waals surface area contributed by atoms with Gasteiger partial charge in [-0.3, -0.25) is 10.1 Å². The standard InChI is InChI=1S/C7H13N3O2.C2H6/c1-4(2)7(3-8)5(11)9-6(12)10-7;1-2/h4H,3,8H2,1-2H3,(H2,9,10,11,12);1-2H3. The Morgan fingerprint density at radius 2 is 1.86 bits per heavy atom. The maximum Gasteiger partial charge on any atom is 0.322 e. The van der Waals surface area contributed by atoms with Crippen molar-refractivity contribution in [3.05, 3.63) is 0 Å². The van der Waals surface area contributed by atoms with Crippen molar-refractivity contribution in [1.29, 1.82) is 0 Å². The van der Waals surface area contributed by atoms with Gasteiger partial charge in [-0.15, -0.1) is 0 Å². The van der Waals surface area contributed by atoms with Crippen LogP contribution in [0.1, 0.15) is 27.7 Å². The van der Waals surface area contributed by atoms with E-state index in [1.54, 1.807) is 0 Å². The quantitative estimate of drug-likeness (QED) is 0.558. The first kappa shape index (κ1) is 12.9. The molecule has 1 fully saturated rings. The Kier molecular flexibility index (Phi) is 4.56. The number of hydrogen-bond acceptors (Lipinski definition) is 3. The molecule has 0 spiro atoms. The highest BCUT2D eigenvalue weighted by atomic mass is 16.2. The fraction of sp³-hybridized carbons (Fsp3) is 0.778. The summed E-state index contributed by atoms with van der Waals surface area (Å²) in [6, 6.07) is -0.459. The van der Waals surface area contributed by atoms with Crippen LogP contribution in [0.5, 0.6) is 0 Å². The van der Waals surface area contributed by atoms with Gasteiger partial charge in [-0.1, -0.05) is 27.7 Å². The molecule has 0 bridgehead atoms. The second kappa shape index (κ2) is 4.95. The van der Waals surface area contributed by atoms with Crippen LogP contribution in [0, 0.1) is 5.92 Å². The monoisotopic (exact) mass is 201 g/mol. The summed E-state index contributed by atoms with van der Waals surface area (Å²) in [7, 11) is 0. The lowest BCUT2D eigenvalue weighted by molar-refractivity contribution is -0.125. The normalized spacial score (nSPS) is 25.3. The van der Waals surface area contributed by atoms with Crippen molar-refractivity contribution in [1.82, 2.24) is 10.6 Å². The molecule has 0 aromatic heterocycles. The van der Waals surface area contributed by atoms with Crippen LogP contribution in [-0.4, -0.2) is 24.0 Å². The average molecular weight is 201 g/mol. The number of amides is 3. The van der Waals surface area contributed by atoms with Gasteiger partial charge in [0.05, 0.1) is 0 Å². The minimum atomic E-state index is -0.906. The van der Waals surface area contributed by atoms with Crippen LogP contribution in [0.4, 0.5) is 4.79 Å². The van der Waals surface area contributed by atoms with Crippen LogP contribution in [0.2, 0.25) is 0 Å². The molecule has 0 radical (unpaired) electrons. The van der Waals surface area contributed by atoms with Crippen LogP contribution >= 0.6 is 0 Å². The van der Waals surface area contributed by atoms with E-state index in [-0.39, 0.29) is 18.4 Å². The highest BCUT2D eigenvalue weighted by molar-refractivity contribution is 6.07. The minimum absolute atomic E-state index is 0.00560. The van der Waals surface area contributed by atoms with Crippen LogP contribution < -0.4 is 16.4 Å². The van der Waals surface area contributed by atoms with Crippen LogP contribution in [-0.2, 0) is 4.79 Å². The lowest BCUT2D eigenvalue weighted by atomic mass is 9.87. The number of urea groups is 1. The highest BCUT2D eigenvalue weighted by Crippen LogP contribution is 2.19. The largest absolute Gasteiger partial charge is 0.328 e. The molecule has 1 unspecified atom stereocenters. The van der Waals surface area contributed by atoms with Gasteiger partial charge in [0, 0.05) is 6.54 Å². The SMILES string of the molecule is CC.CC(C)C1(CN)NC(=O)NC1=O. The summed E-state index contributed by atoms with van der Waals surface area (Å²) in [5.41, 5.74) is 4.54. The van der Waals surface area contributed by atoms with Gasteiger partial charge in [0.1, 0.15) is 5.54 Å². The summed E-state index contributed by atoms with van der Waals surface area (Å²) in [5, 5.41) is 4.71. The predicted octanol–water partition coefficient (Wildman–Crippen LogP) is 0.206. The molecule has 4 N–H and O–H groups in total. The van der Waals surface area contributed by atoms with Crippen molar-refractivity contribution in [2.24, 2.45) is 11.7 Å². The van der Waals surface area contributed by atoms with Gasteiger partial charge in [-0.05, 0) is 5.92 Å².